The van der Waals surface area contributed by atoms with E-state index in [4.69, 9.17) is 0 Å². The Labute approximate surface area is 116 Å². The molecule has 2 N–H and O–H groups in total. The third-order valence-electron chi connectivity index (χ3n) is 2.59. The lowest BCUT2D eigenvalue weighted by molar-refractivity contribution is 0.240. The minimum atomic E-state index is -0.128. The smallest absolute Gasteiger partial charge is 0.315 e. The van der Waals surface area contributed by atoms with E-state index < -0.39 is 0 Å². The number of carbonyl (C=O) groups excluding carboxylic acids is 1. The zero-order valence-corrected chi connectivity index (χ0v) is 11.7. The largest absolute Gasteiger partial charge is 0.338 e. The SMILES string of the molecule is CCCNC(=O)NCc1ccnc(-c2cccs2)c1. The molecule has 2 aromatic heterocycles. The van der Waals surface area contributed by atoms with Gasteiger partial charge in [0.1, 0.15) is 0 Å². The van der Waals surface area contributed by atoms with E-state index in [9.17, 15) is 4.79 Å². The molecule has 0 unspecified atom stereocenters. The average molecular weight is 275 g/mol. The van der Waals surface area contributed by atoms with Gasteiger partial charge in [0.2, 0.25) is 0 Å². The fourth-order valence-electron chi connectivity index (χ4n) is 1.63. The van der Waals surface area contributed by atoms with Crippen LogP contribution in [0.25, 0.3) is 10.6 Å². The molecule has 0 bridgehead atoms. The molecule has 0 saturated carbocycles. The Bertz CT molecular complexity index is 525. The second kappa shape index (κ2) is 6.89. The number of thiophene rings is 1. The summed E-state index contributed by atoms with van der Waals surface area (Å²) < 4.78 is 0. The first kappa shape index (κ1) is 13.5. The maximum Gasteiger partial charge on any atom is 0.315 e. The molecule has 100 valence electrons. The summed E-state index contributed by atoms with van der Waals surface area (Å²) in [4.78, 5) is 16.9. The lowest BCUT2D eigenvalue weighted by atomic mass is 10.2. The van der Waals surface area contributed by atoms with Gasteiger partial charge in [0, 0.05) is 19.3 Å². The molecule has 5 heteroatoms. The summed E-state index contributed by atoms with van der Waals surface area (Å²) in [7, 11) is 0. The minimum absolute atomic E-state index is 0.128. The molecule has 2 heterocycles. The van der Waals surface area contributed by atoms with Gasteiger partial charge in [-0.15, -0.1) is 11.3 Å². The average Bonchev–Trinajstić information content (AvgIpc) is 2.97. The highest BCUT2D eigenvalue weighted by molar-refractivity contribution is 7.13. The van der Waals surface area contributed by atoms with Gasteiger partial charge in [-0.3, -0.25) is 4.98 Å². The first-order chi connectivity index (χ1) is 9.29. The van der Waals surface area contributed by atoms with E-state index in [1.54, 1.807) is 17.5 Å². The van der Waals surface area contributed by atoms with Crippen LogP contribution < -0.4 is 10.6 Å². The number of amides is 2. The van der Waals surface area contributed by atoms with E-state index in [0.29, 0.717) is 13.1 Å². The quantitative estimate of drug-likeness (QED) is 0.881. The van der Waals surface area contributed by atoms with Gasteiger partial charge < -0.3 is 10.6 Å². The first-order valence-corrected chi connectivity index (χ1v) is 7.18. The van der Waals surface area contributed by atoms with Crippen LogP contribution in [0.4, 0.5) is 4.79 Å². The van der Waals surface area contributed by atoms with Gasteiger partial charge in [-0.05, 0) is 35.6 Å². The molecule has 19 heavy (non-hydrogen) atoms. The molecule has 0 radical (unpaired) electrons. The summed E-state index contributed by atoms with van der Waals surface area (Å²) in [6.07, 6.45) is 2.71. The highest BCUT2D eigenvalue weighted by Gasteiger charge is 2.03. The third-order valence-corrected chi connectivity index (χ3v) is 3.48. The van der Waals surface area contributed by atoms with Crippen molar-refractivity contribution < 1.29 is 4.79 Å². The Balaban J connectivity index is 1.94. The van der Waals surface area contributed by atoms with Crippen LogP contribution >= 0.6 is 11.3 Å². The van der Waals surface area contributed by atoms with Gasteiger partial charge in [-0.1, -0.05) is 13.0 Å². The summed E-state index contributed by atoms with van der Waals surface area (Å²) in [6.45, 7) is 3.23. The van der Waals surface area contributed by atoms with E-state index >= 15 is 0 Å². The van der Waals surface area contributed by atoms with Crippen LogP contribution in [0.2, 0.25) is 0 Å². The van der Waals surface area contributed by atoms with Gasteiger partial charge >= 0.3 is 6.03 Å². The molecule has 2 aromatic rings. The summed E-state index contributed by atoms with van der Waals surface area (Å²) in [5.74, 6) is 0. The van der Waals surface area contributed by atoms with Crippen LogP contribution in [0.15, 0.2) is 35.8 Å². The van der Waals surface area contributed by atoms with Crippen LogP contribution in [-0.2, 0) is 6.54 Å². The first-order valence-electron chi connectivity index (χ1n) is 6.30. The predicted octanol–water partition coefficient (Wildman–Crippen LogP) is 3.02. The van der Waals surface area contributed by atoms with Crippen LogP contribution in [0.3, 0.4) is 0 Å². The van der Waals surface area contributed by atoms with E-state index in [2.05, 4.69) is 15.6 Å². The van der Waals surface area contributed by atoms with Crippen molar-refractivity contribution in [2.45, 2.75) is 19.9 Å². The van der Waals surface area contributed by atoms with Gasteiger partial charge in [-0.2, -0.15) is 0 Å². The number of hydrogen-bond donors (Lipinski definition) is 2. The molecular weight excluding hydrogens is 258 g/mol. The molecule has 2 rings (SSSR count). The van der Waals surface area contributed by atoms with Crippen LogP contribution in [0.5, 0.6) is 0 Å². The van der Waals surface area contributed by atoms with Crippen LogP contribution in [0, 0.1) is 0 Å². The zero-order chi connectivity index (χ0) is 13.5. The van der Waals surface area contributed by atoms with Crippen molar-refractivity contribution >= 4 is 17.4 Å². The number of nitrogens with zero attached hydrogens (tertiary/aromatic N) is 1. The standard InChI is InChI=1S/C14H17N3OS/c1-2-6-16-14(18)17-10-11-5-7-15-12(9-11)13-4-3-8-19-13/h3-5,7-9H,2,6,10H2,1H3,(H2,16,17,18). The second-order valence-electron chi connectivity index (χ2n) is 4.14. The predicted molar refractivity (Wildman–Crippen MR) is 78.1 cm³/mol. The minimum Gasteiger partial charge on any atom is -0.338 e. The normalized spacial score (nSPS) is 10.2. The fourth-order valence-corrected chi connectivity index (χ4v) is 2.32. The Morgan fingerprint density at radius 3 is 3.00 bits per heavy atom. The Morgan fingerprint density at radius 1 is 1.37 bits per heavy atom. The number of nitrogens with one attached hydrogen (secondary N) is 2. The Hall–Kier alpha value is -1.88. The summed E-state index contributed by atoms with van der Waals surface area (Å²) >= 11 is 1.66. The van der Waals surface area contributed by atoms with E-state index in [-0.39, 0.29) is 6.03 Å². The fraction of sp³-hybridized carbons (Fsp3) is 0.286. The molecule has 0 aliphatic heterocycles. The molecule has 2 amide bonds. The maximum absolute atomic E-state index is 11.5. The molecule has 4 nitrogen and oxygen atoms in total. The molecule has 0 atom stereocenters. The van der Waals surface area contributed by atoms with Crippen molar-refractivity contribution in [3.05, 3.63) is 41.4 Å². The Kier molecular flexibility index (Phi) is 4.92. The third kappa shape index (κ3) is 4.06. The van der Waals surface area contributed by atoms with Crippen molar-refractivity contribution in [1.29, 1.82) is 0 Å². The number of pyridine rings is 1. The zero-order valence-electron chi connectivity index (χ0n) is 10.8. The van der Waals surface area contributed by atoms with E-state index in [1.807, 2.05) is 36.6 Å². The Morgan fingerprint density at radius 2 is 2.26 bits per heavy atom. The lowest BCUT2D eigenvalue weighted by Crippen LogP contribution is -2.35. The summed E-state index contributed by atoms with van der Waals surface area (Å²) in [5, 5.41) is 7.64. The van der Waals surface area contributed by atoms with Gasteiger partial charge in [0.25, 0.3) is 0 Å². The molecule has 0 fully saturated rings. The topological polar surface area (TPSA) is 54.0 Å². The van der Waals surface area contributed by atoms with Crippen LogP contribution in [0.1, 0.15) is 18.9 Å². The van der Waals surface area contributed by atoms with Gasteiger partial charge in [0.15, 0.2) is 0 Å². The molecule has 0 saturated heterocycles. The van der Waals surface area contributed by atoms with Crippen molar-refractivity contribution in [3.8, 4) is 10.6 Å². The number of carbonyl (C=O) groups is 1. The van der Waals surface area contributed by atoms with Crippen molar-refractivity contribution in [2.24, 2.45) is 0 Å². The molecule has 0 aromatic carbocycles. The molecule has 0 spiro atoms. The van der Waals surface area contributed by atoms with Gasteiger partial charge in [-0.25, -0.2) is 4.79 Å². The number of rotatable bonds is 5. The molecule has 0 aliphatic rings. The van der Waals surface area contributed by atoms with Crippen molar-refractivity contribution in [3.63, 3.8) is 0 Å². The number of urea groups is 1. The number of aromatic nitrogens is 1. The highest BCUT2D eigenvalue weighted by Crippen LogP contribution is 2.22. The van der Waals surface area contributed by atoms with Crippen molar-refractivity contribution in [2.75, 3.05) is 6.54 Å². The van der Waals surface area contributed by atoms with Crippen molar-refractivity contribution in [1.82, 2.24) is 15.6 Å². The summed E-state index contributed by atoms with van der Waals surface area (Å²) in [6, 6.07) is 7.84. The molecular formula is C14H17N3OS. The lowest BCUT2D eigenvalue weighted by Gasteiger charge is -2.07. The molecule has 0 aliphatic carbocycles. The number of hydrogen-bond acceptors (Lipinski definition) is 3. The maximum atomic E-state index is 11.5. The monoisotopic (exact) mass is 275 g/mol. The van der Waals surface area contributed by atoms with Crippen LogP contribution in [-0.4, -0.2) is 17.6 Å². The highest BCUT2D eigenvalue weighted by atomic mass is 32.1. The summed E-state index contributed by atoms with van der Waals surface area (Å²) in [5.41, 5.74) is 1.99. The van der Waals surface area contributed by atoms with E-state index in [1.165, 1.54) is 0 Å². The van der Waals surface area contributed by atoms with E-state index in [0.717, 1.165) is 22.6 Å². The second-order valence-corrected chi connectivity index (χ2v) is 5.08. The van der Waals surface area contributed by atoms with Gasteiger partial charge in [0.05, 0.1) is 10.6 Å².